The van der Waals surface area contributed by atoms with Crippen molar-refractivity contribution in [3.05, 3.63) is 50.4 Å². The van der Waals surface area contributed by atoms with Gasteiger partial charge in [-0.3, -0.25) is 0 Å². The van der Waals surface area contributed by atoms with Crippen LogP contribution in [0.4, 0.5) is 4.39 Å². The number of nitrogens with two attached hydrogens (primary N) is 1. The van der Waals surface area contributed by atoms with Gasteiger partial charge in [0.25, 0.3) is 0 Å². The first kappa shape index (κ1) is 14.3. The van der Waals surface area contributed by atoms with Crippen LogP contribution in [0.2, 0.25) is 5.02 Å². The Labute approximate surface area is 121 Å². The van der Waals surface area contributed by atoms with Gasteiger partial charge in [0.1, 0.15) is 0 Å². The van der Waals surface area contributed by atoms with Gasteiger partial charge < -0.3 is 10.5 Å². The molecule has 0 aliphatic heterocycles. The fourth-order valence-electron chi connectivity index (χ4n) is 1.90. The zero-order valence-corrected chi connectivity index (χ0v) is 12.3. The second kappa shape index (κ2) is 5.90. The normalized spacial score (nSPS) is 12.5. The lowest BCUT2D eigenvalue weighted by Crippen LogP contribution is -2.13. The fourth-order valence-corrected chi connectivity index (χ4v) is 3.24. The van der Waals surface area contributed by atoms with Crippen molar-refractivity contribution in [3.8, 4) is 5.75 Å². The standard InChI is InChI=1S/C14H15ClFNOS/c1-8-7-19-14(12(8)15)10(17)6-9-4-3-5-11(18-2)13(9)16/h3-5,7,10H,6,17H2,1-2H3. The molecule has 0 bridgehead atoms. The molecule has 1 unspecified atom stereocenters. The van der Waals surface area contributed by atoms with Crippen molar-refractivity contribution in [3.63, 3.8) is 0 Å². The van der Waals surface area contributed by atoms with Crippen LogP contribution in [0.1, 0.15) is 22.0 Å². The number of benzene rings is 1. The van der Waals surface area contributed by atoms with E-state index in [1.807, 2.05) is 12.3 Å². The molecule has 5 heteroatoms. The maximum absolute atomic E-state index is 14.0. The third-order valence-electron chi connectivity index (χ3n) is 2.96. The lowest BCUT2D eigenvalue weighted by atomic mass is 10.0. The topological polar surface area (TPSA) is 35.2 Å². The molecule has 1 atom stereocenters. The van der Waals surface area contributed by atoms with Gasteiger partial charge >= 0.3 is 0 Å². The highest BCUT2D eigenvalue weighted by molar-refractivity contribution is 7.10. The summed E-state index contributed by atoms with van der Waals surface area (Å²) in [5.74, 6) is -0.122. The van der Waals surface area contributed by atoms with Crippen molar-refractivity contribution in [2.24, 2.45) is 5.73 Å². The van der Waals surface area contributed by atoms with Crippen LogP contribution in [0.5, 0.6) is 5.75 Å². The Kier molecular flexibility index (Phi) is 4.45. The first-order chi connectivity index (χ1) is 9.04. The van der Waals surface area contributed by atoms with Crippen molar-refractivity contribution in [2.45, 2.75) is 19.4 Å². The predicted molar refractivity (Wildman–Crippen MR) is 77.7 cm³/mol. The molecule has 0 amide bonds. The third-order valence-corrected chi connectivity index (χ3v) is 4.81. The van der Waals surface area contributed by atoms with Gasteiger partial charge in [0.2, 0.25) is 0 Å². The molecule has 0 aliphatic carbocycles. The van der Waals surface area contributed by atoms with Gasteiger partial charge in [-0.1, -0.05) is 23.7 Å². The first-order valence-electron chi connectivity index (χ1n) is 5.85. The van der Waals surface area contributed by atoms with E-state index in [4.69, 9.17) is 22.1 Å². The molecule has 1 heterocycles. The van der Waals surface area contributed by atoms with E-state index in [2.05, 4.69) is 0 Å². The fraction of sp³-hybridized carbons (Fsp3) is 0.286. The lowest BCUT2D eigenvalue weighted by molar-refractivity contribution is 0.383. The highest BCUT2D eigenvalue weighted by atomic mass is 35.5. The quantitative estimate of drug-likeness (QED) is 0.922. The van der Waals surface area contributed by atoms with Gasteiger partial charge in [-0.05, 0) is 35.9 Å². The van der Waals surface area contributed by atoms with E-state index in [0.29, 0.717) is 17.0 Å². The molecule has 2 nitrogen and oxygen atoms in total. The van der Waals surface area contributed by atoms with E-state index in [1.165, 1.54) is 18.4 Å². The van der Waals surface area contributed by atoms with E-state index in [0.717, 1.165) is 10.4 Å². The van der Waals surface area contributed by atoms with Gasteiger partial charge in [-0.15, -0.1) is 11.3 Å². The van der Waals surface area contributed by atoms with Gasteiger partial charge in [-0.2, -0.15) is 0 Å². The van der Waals surface area contributed by atoms with Gasteiger partial charge in [-0.25, -0.2) is 4.39 Å². The van der Waals surface area contributed by atoms with Crippen molar-refractivity contribution in [1.29, 1.82) is 0 Å². The molecular formula is C14H15ClFNOS. The number of hydrogen-bond acceptors (Lipinski definition) is 3. The largest absolute Gasteiger partial charge is 0.494 e. The van der Waals surface area contributed by atoms with Gasteiger partial charge in [0, 0.05) is 10.9 Å². The Morgan fingerprint density at radius 2 is 2.21 bits per heavy atom. The van der Waals surface area contributed by atoms with Crippen LogP contribution in [-0.4, -0.2) is 7.11 Å². The van der Waals surface area contributed by atoms with Crippen LogP contribution in [0.25, 0.3) is 0 Å². The molecule has 0 radical (unpaired) electrons. The number of aryl methyl sites for hydroxylation is 1. The van der Waals surface area contributed by atoms with Crippen molar-refractivity contribution in [1.82, 2.24) is 0 Å². The second-order valence-electron chi connectivity index (χ2n) is 4.34. The number of thiophene rings is 1. The molecule has 2 N–H and O–H groups in total. The van der Waals surface area contributed by atoms with Crippen LogP contribution in [-0.2, 0) is 6.42 Å². The zero-order chi connectivity index (χ0) is 14.0. The number of hydrogen-bond donors (Lipinski definition) is 1. The maximum Gasteiger partial charge on any atom is 0.168 e. The molecule has 0 saturated carbocycles. The molecule has 19 heavy (non-hydrogen) atoms. The Morgan fingerprint density at radius 1 is 1.47 bits per heavy atom. The molecule has 1 aromatic heterocycles. The average molecular weight is 300 g/mol. The van der Waals surface area contributed by atoms with Crippen LogP contribution in [0, 0.1) is 12.7 Å². The molecule has 2 rings (SSSR count). The summed E-state index contributed by atoms with van der Waals surface area (Å²) < 4.78 is 19.0. The highest BCUT2D eigenvalue weighted by Gasteiger charge is 2.17. The molecule has 102 valence electrons. The van der Waals surface area contributed by atoms with Crippen molar-refractivity contribution >= 4 is 22.9 Å². The Bertz CT molecular complexity index is 585. The molecule has 0 fully saturated rings. The molecule has 1 aromatic carbocycles. The van der Waals surface area contributed by atoms with E-state index < -0.39 is 0 Å². The minimum absolute atomic E-state index is 0.234. The number of rotatable bonds is 4. The predicted octanol–water partition coefficient (Wildman–Crippen LogP) is 4.10. The Balaban J connectivity index is 2.24. The minimum Gasteiger partial charge on any atom is -0.494 e. The Hall–Kier alpha value is -1.10. The summed E-state index contributed by atoms with van der Waals surface area (Å²) in [6.07, 6.45) is 0.392. The SMILES string of the molecule is COc1cccc(CC(N)c2scc(C)c2Cl)c1F. The number of ether oxygens (including phenoxy) is 1. The molecular weight excluding hydrogens is 285 g/mol. The van der Waals surface area contributed by atoms with E-state index in [9.17, 15) is 4.39 Å². The summed E-state index contributed by atoms with van der Waals surface area (Å²) in [6, 6.07) is 4.75. The van der Waals surface area contributed by atoms with E-state index in [-0.39, 0.29) is 17.6 Å². The van der Waals surface area contributed by atoms with Crippen molar-refractivity contribution < 1.29 is 9.13 Å². The summed E-state index contributed by atoms with van der Waals surface area (Å²) in [4.78, 5) is 0.890. The maximum atomic E-state index is 14.0. The van der Waals surface area contributed by atoms with E-state index in [1.54, 1.807) is 18.2 Å². The van der Waals surface area contributed by atoms with Crippen molar-refractivity contribution in [2.75, 3.05) is 7.11 Å². The third kappa shape index (κ3) is 2.91. The summed E-state index contributed by atoms with van der Waals surface area (Å²) in [6.45, 7) is 1.93. The first-order valence-corrected chi connectivity index (χ1v) is 7.10. The van der Waals surface area contributed by atoms with Gasteiger partial charge in [0.05, 0.1) is 12.1 Å². The average Bonchev–Trinajstić information content (AvgIpc) is 2.72. The number of methoxy groups -OCH3 is 1. The molecule has 0 saturated heterocycles. The highest BCUT2D eigenvalue weighted by Crippen LogP contribution is 2.33. The van der Waals surface area contributed by atoms with Gasteiger partial charge in [0.15, 0.2) is 11.6 Å². The lowest BCUT2D eigenvalue weighted by Gasteiger charge is -2.13. The molecule has 0 spiro atoms. The molecule has 2 aromatic rings. The van der Waals surface area contributed by atoms with Crippen LogP contribution < -0.4 is 10.5 Å². The minimum atomic E-state index is -0.357. The van der Waals surface area contributed by atoms with Crippen LogP contribution in [0.15, 0.2) is 23.6 Å². The molecule has 0 aliphatic rings. The Morgan fingerprint density at radius 3 is 2.79 bits per heavy atom. The summed E-state index contributed by atoms with van der Waals surface area (Å²) >= 11 is 7.69. The summed E-state index contributed by atoms with van der Waals surface area (Å²) in [5.41, 5.74) is 7.66. The monoisotopic (exact) mass is 299 g/mol. The zero-order valence-electron chi connectivity index (χ0n) is 10.7. The van der Waals surface area contributed by atoms with Crippen LogP contribution >= 0.6 is 22.9 Å². The second-order valence-corrected chi connectivity index (χ2v) is 5.63. The summed E-state index contributed by atoms with van der Waals surface area (Å²) in [7, 11) is 1.45. The number of halogens is 2. The van der Waals surface area contributed by atoms with Crippen LogP contribution in [0.3, 0.4) is 0 Å². The smallest absolute Gasteiger partial charge is 0.168 e. The van der Waals surface area contributed by atoms with E-state index >= 15 is 0 Å². The summed E-state index contributed by atoms with van der Waals surface area (Å²) in [5, 5.41) is 2.64.